The van der Waals surface area contributed by atoms with E-state index in [1.807, 2.05) is 6.07 Å². The number of ether oxygens (including phenoxy) is 2. The molecule has 7 heteroatoms. The first-order chi connectivity index (χ1) is 14.6. The second kappa shape index (κ2) is 9.19. The van der Waals surface area contributed by atoms with E-state index in [1.54, 1.807) is 42.5 Å². The van der Waals surface area contributed by atoms with Gasteiger partial charge in [0.2, 0.25) is 0 Å². The summed E-state index contributed by atoms with van der Waals surface area (Å²) in [5.74, 6) is -0.716. The van der Waals surface area contributed by atoms with Gasteiger partial charge in [0.1, 0.15) is 12.2 Å². The molecule has 2 aromatic carbocycles. The van der Waals surface area contributed by atoms with E-state index < -0.39 is 12.2 Å². The fraction of sp³-hybridized carbons (Fsp3) is 0.348. The first-order valence-electron chi connectivity index (χ1n) is 10.2. The van der Waals surface area contributed by atoms with Gasteiger partial charge in [0.25, 0.3) is 11.8 Å². The number of anilines is 2. The number of benzene rings is 2. The summed E-state index contributed by atoms with van der Waals surface area (Å²) in [6.45, 7) is 1.11. The highest BCUT2D eigenvalue weighted by atomic mass is 16.5. The fourth-order valence-corrected chi connectivity index (χ4v) is 3.65. The van der Waals surface area contributed by atoms with Gasteiger partial charge in [-0.15, -0.1) is 0 Å². The van der Waals surface area contributed by atoms with Gasteiger partial charge in [-0.05, 0) is 43.9 Å². The average molecular weight is 408 g/mol. The SMILES string of the molecule is O=C(c1ccccc1)c1ccc(NC(=O)[C@@H]2CCCO2)c(NC(=O)[C@@H]2CCCO2)c1. The number of amides is 2. The maximum atomic E-state index is 12.8. The predicted octanol–water partition coefficient (Wildman–Crippen LogP) is 3.15. The van der Waals surface area contributed by atoms with E-state index >= 15 is 0 Å². The summed E-state index contributed by atoms with van der Waals surface area (Å²) in [7, 11) is 0. The predicted molar refractivity (Wildman–Crippen MR) is 112 cm³/mol. The van der Waals surface area contributed by atoms with Crippen LogP contribution in [0, 0.1) is 0 Å². The van der Waals surface area contributed by atoms with Crippen LogP contribution in [-0.2, 0) is 19.1 Å². The summed E-state index contributed by atoms with van der Waals surface area (Å²) in [6, 6.07) is 13.8. The van der Waals surface area contributed by atoms with Crippen molar-refractivity contribution in [2.75, 3.05) is 23.8 Å². The molecule has 2 amide bonds. The Balaban J connectivity index is 1.59. The largest absolute Gasteiger partial charge is 0.368 e. The van der Waals surface area contributed by atoms with Gasteiger partial charge >= 0.3 is 0 Å². The summed E-state index contributed by atoms with van der Waals surface area (Å²) in [4.78, 5) is 37.9. The Morgan fingerprint density at radius 3 is 1.90 bits per heavy atom. The molecule has 2 N–H and O–H groups in total. The van der Waals surface area contributed by atoms with Crippen molar-refractivity contribution in [2.24, 2.45) is 0 Å². The van der Waals surface area contributed by atoms with Gasteiger partial charge in [0.05, 0.1) is 11.4 Å². The van der Waals surface area contributed by atoms with Gasteiger partial charge < -0.3 is 20.1 Å². The van der Waals surface area contributed by atoms with Gasteiger partial charge in [-0.3, -0.25) is 14.4 Å². The monoisotopic (exact) mass is 408 g/mol. The molecule has 0 aromatic heterocycles. The Kier molecular flexibility index (Phi) is 6.21. The van der Waals surface area contributed by atoms with E-state index in [9.17, 15) is 14.4 Å². The standard InChI is InChI=1S/C23H24N2O5/c26-21(15-6-2-1-3-7-15)16-10-11-17(24-22(27)19-8-4-12-29-19)18(14-16)25-23(28)20-9-5-13-30-20/h1-3,6-7,10-11,14,19-20H,4-5,8-9,12-13H2,(H,24,27)(H,25,28)/t19-,20-/m0/s1. The lowest BCUT2D eigenvalue weighted by Crippen LogP contribution is -2.29. The van der Waals surface area contributed by atoms with E-state index in [0.29, 0.717) is 48.6 Å². The van der Waals surface area contributed by atoms with Crippen LogP contribution >= 0.6 is 0 Å². The van der Waals surface area contributed by atoms with Gasteiger partial charge in [0.15, 0.2) is 5.78 Å². The van der Waals surface area contributed by atoms with Crippen molar-refractivity contribution in [3.63, 3.8) is 0 Å². The molecule has 156 valence electrons. The number of carbonyl (C=O) groups excluding carboxylic acids is 3. The van der Waals surface area contributed by atoms with Crippen LogP contribution < -0.4 is 10.6 Å². The lowest BCUT2D eigenvalue weighted by molar-refractivity contribution is -0.125. The molecule has 0 bridgehead atoms. The first kappa shape index (κ1) is 20.3. The van der Waals surface area contributed by atoms with Gasteiger partial charge in [-0.2, -0.15) is 0 Å². The quantitative estimate of drug-likeness (QED) is 0.716. The number of hydrogen-bond acceptors (Lipinski definition) is 5. The highest BCUT2D eigenvalue weighted by Gasteiger charge is 2.27. The first-order valence-corrected chi connectivity index (χ1v) is 10.2. The van der Waals surface area contributed by atoms with Gasteiger partial charge in [-0.1, -0.05) is 30.3 Å². The fourth-order valence-electron chi connectivity index (χ4n) is 3.65. The Morgan fingerprint density at radius 1 is 0.733 bits per heavy atom. The number of hydrogen-bond donors (Lipinski definition) is 2. The van der Waals surface area contributed by atoms with Gasteiger partial charge in [-0.25, -0.2) is 0 Å². The average Bonchev–Trinajstić information content (AvgIpc) is 3.49. The highest BCUT2D eigenvalue weighted by Crippen LogP contribution is 2.27. The summed E-state index contributed by atoms with van der Waals surface area (Å²) >= 11 is 0. The smallest absolute Gasteiger partial charge is 0.253 e. The van der Waals surface area contributed by atoms with Crippen LogP contribution in [0.15, 0.2) is 48.5 Å². The third-order valence-corrected chi connectivity index (χ3v) is 5.28. The zero-order chi connectivity index (χ0) is 20.9. The van der Waals surface area contributed by atoms with Crippen molar-refractivity contribution >= 4 is 29.0 Å². The number of rotatable bonds is 6. The summed E-state index contributed by atoms with van der Waals surface area (Å²) < 4.78 is 10.9. The van der Waals surface area contributed by atoms with Crippen LogP contribution in [0.2, 0.25) is 0 Å². The van der Waals surface area contributed by atoms with Crippen molar-refractivity contribution in [3.05, 3.63) is 59.7 Å². The molecule has 0 radical (unpaired) electrons. The Morgan fingerprint density at radius 2 is 1.33 bits per heavy atom. The Hall–Kier alpha value is -3.03. The van der Waals surface area contributed by atoms with E-state index in [-0.39, 0.29) is 17.6 Å². The van der Waals surface area contributed by atoms with Crippen LogP contribution in [0.3, 0.4) is 0 Å². The van der Waals surface area contributed by atoms with E-state index in [0.717, 1.165) is 12.8 Å². The number of ketones is 1. The van der Waals surface area contributed by atoms with Crippen molar-refractivity contribution < 1.29 is 23.9 Å². The molecule has 0 unspecified atom stereocenters. The molecule has 4 rings (SSSR count). The number of carbonyl (C=O) groups is 3. The van der Waals surface area contributed by atoms with Crippen molar-refractivity contribution in [2.45, 2.75) is 37.9 Å². The molecule has 0 spiro atoms. The molecule has 0 aliphatic carbocycles. The summed E-state index contributed by atoms with van der Waals surface area (Å²) in [6.07, 6.45) is 1.94. The lowest BCUT2D eigenvalue weighted by Gasteiger charge is -2.17. The maximum Gasteiger partial charge on any atom is 0.253 e. The van der Waals surface area contributed by atoms with Crippen LogP contribution in [0.25, 0.3) is 0 Å². The molecule has 2 aromatic rings. The minimum atomic E-state index is -0.528. The molecular weight excluding hydrogens is 384 g/mol. The molecule has 2 atom stereocenters. The van der Waals surface area contributed by atoms with Crippen LogP contribution in [-0.4, -0.2) is 43.0 Å². The molecule has 2 saturated heterocycles. The minimum Gasteiger partial charge on any atom is -0.368 e. The molecule has 2 heterocycles. The zero-order valence-corrected chi connectivity index (χ0v) is 16.6. The second-order valence-electron chi connectivity index (χ2n) is 7.44. The summed E-state index contributed by atoms with van der Waals surface area (Å²) in [5, 5.41) is 5.65. The van der Waals surface area contributed by atoms with E-state index in [2.05, 4.69) is 10.6 Å². The van der Waals surface area contributed by atoms with Crippen LogP contribution in [0.4, 0.5) is 11.4 Å². The summed E-state index contributed by atoms with van der Waals surface area (Å²) in [5.41, 5.74) is 1.75. The highest BCUT2D eigenvalue weighted by molar-refractivity contribution is 6.11. The molecule has 0 saturated carbocycles. The van der Waals surface area contributed by atoms with Crippen molar-refractivity contribution in [1.82, 2.24) is 0 Å². The third kappa shape index (κ3) is 4.58. The molecule has 7 nitrogen and oxygen atoms in total. The Labute approximate surface area is 174 Å². The van der Waals surface area contributed by atoms with Crippen molar-refractivity contribution in [1.29, 1.82) is 0 Å². The minimum absolute atomic E-state index is 0.166. The molecule has 2 fully saturated rings. The molecule has 30 heavy (non-hydrogen) atoms. The zero-order valence-electron chi connectivity index (χ0n) is 16.6. The molecule has 2 aliphatic rings. The molecular formula is C23H24N2O5. The van der Waals surface area contributed by atoms with Crippen molar-refractivity contribution in [3.8, 4) is 0 Å². The number of nitrogens with one attached hydrogen (secondary N) is 2. The van der Waals surface area contributed by atoms with E-state index in [1.165, 1.54) is 0 Å². The third-order valence-electron chi connectivity index (χ3n) is 5.28. The lowest BCUT2D eigenvalue weighted by atomic mass is 10.0. The van der Waals surface area contributed by atoms with E-state index in [4.69, 9.17) is 9.47 Å². The van der Waals surface area contributed by atoms with Gasteiger partial charge in [0, 0.05) is 24.3 Å². The topological polar surface area (TPSA) is 93.7 Å². The molecule has 2 aliphatic heterocycles. The normalized spacial score (nSPS) is 20.7. The Bertz CT molecular complexity index is 932. The maximum absolute atomic E-state index is 12.8. The second-order valence-corrected chi connectivity index (χ2v) is 7.44. The van der Waals surface area contributed by atoms with Crippen LogP contribution in [0.5, 0.6) is 0 Å². The van der Waals surface area contributed by atoms with Crippen LogP contribution in [0.1, 0.15) is 41.6 Å².